The molecule has 0 bridgehead atoms. The zero-order valence-corrected chi connectivity index (χ0v) is 12.6. The van der Waals surface area contributed by atoms with Crippen LogP contribution in [-0.2, 0) is 6.42 Å². The van der Waals surface area contributed by atoms with E-state index in [1.165, 1.54) is 17.2 Å². The molecule has 2 rings (SSSR count). The monoisotopic (exact) mass is 335 g/mol. The molecule has 0 aliphatic rings. The van der Waals surface area contributed by atoms with Gasteiger partial charge >= 0.3 is 5.69 Å². The summed E-state index contributed by atoms with van der Waals surface area (Å²) in [6.45, 7) is 2.64. The molecule has 5 nitrogen and oxygen atoms in total. The number of rotatable bonds is 5. The Morgan fingerprint density at radius 1 is 1.40 bits per heavy atom. The normalized spacial score (nSPS) is 10.3. The Morgan fingerprint density at radius 2 is 2.20 bits per heavy atom. The SMILES string of the molecule is Cc1cccc(CCNc2ncc(Br)cc2[N+](=O)[O-])c1. The average Bonchev–Trinajstić information content (AvgIpc) is 2.40. The van der Waals surface area contributed by atoms with Crippen LogP contribution in [0.5, 0.6) is 0 Å². The molecule has 0 amide bonds. The Balaban J connectivity index is 2.02. The first-order chi connectivity index (χ1) is 9.56. The molecular weight excluding hydrogens is 322 g/mol. The number of halogens is 1. The molecule has 0 saturated heterocycles. The van der Waals surface area contributed by atoms with Crippen molar-refractivity contribution in [3.05, 3.63) is 62.2 Å². The number of anilines is 1. The van der Waals surface area contributed by atoms with E-state index < -0.39 is 4.92 Å². The van der Waals surface area contributed by atoms with Crippen LogP contribution in [-0.4, -0.2) is 16.5 Å². The highest BCUT2D eigenvalue weighted by atomic mass is 79.9. The summed E-state index contributed by atoms with van der Waals surface area (Å²) in [6, 6.07) is 9.63. The molecule has 20 heavy (non-hydrogen) atoms. The fourth-order valence-corrected chi connectivity index (χ4v) is 2.22. The molecule has 104 valence electrons. The summed E-state index contributed by atoms with van der Waals surface area (Å²) in [6.07, 6.45) is 2.33. The fourth-order valence-electron chi connectivity index (χ4n) is 1.90. The summed E-state index contributed by atoms with van der Waals surface area (Å²) >= 11 is 3.18. The molecule has 1 aromatic heterocycles. The number of hydrogen-bond acceptors (Lipinski definition) is 4. The van der Waals surface area contributed by atoms with E-state index in [1.807, 2.05) is 25.1 Å². The first kappa shape index (κ1) is 14.5. The molecule has 0 atom stereocenters. The third kappa shape index (κ3) is 3.77. The van der Waals surface area contributed by atoms with Gasteiger partial charge in [-0.2, -0.15) is 0 Å². The molecule has 0 aliphatic heterocycles. The number of hydrogen-bond donors (Lipinski definition) is 1. The van der Waals surface area contributed by atoms with Gasteiger partial charge in [0.2, 0.25) is 5.82 Å². The standard InChI is InChI=1S/C14H14BrN3O2/c1-10-3-2-4-11(7-10)5-6-16-14-13(18(19)20)8-12(15)9-17-14/h2-4,7-9H,5-6H2,1H3,(H,16,17). The van der Waals surface area contributed by atoms with Crippen molar-refractivity contribution in [3.8, 4) is 0 Å². The molecule has 1 aromatic carbocycles. The molecule has 1 N–H and O–H groups in total. The summed E-state index contributed by atoms with van der Waals surface area (Å²) in [4.78, 5) is 14.6. The highest BCUT2D eigenvalue weighted by molar-refractivity contribution is 9.10. The first-order valence-electron chi connectivity index (χ1n) is 6.15. The van der Waals surface area contributed by atoms with E-state index in [-0.39, 0.29) is 5.69 Å². The van der Waals surface area contributed by atoms with Crippen LogP contribution in [0.15, 0.2) is 41.0 Å². The fraction of sp³-hybridized carbons (Fsp3) is 0.214. The number of nitrogens with zero attached hydrogens (tertiary/aromatic N) is 2. The lowest BCUT2D eigenvalue weighted by atomic mass is 10.1. The van der Waals surface area contributed by atoms with Gasteiger partial charge in [-0.3, -0.25) is 10.1 Å². The second-order valence-corrected chi connectivity index (χ2v) is 5.36. The van der Waals surface area contributed by atoms with Gasteiger partial charge < -0.3 is 5.32 Å². The van der Waals surface area contributed by atoms with Crippen molar-refractivity contribution >= 4 is 27.4 Å². The number of pyridine rings is 1. The van der Waals surface area contributed by atoms with E-state index in [0.29, 0.717) is 16.8 Å². The molecule has 0 saturated carbocycles. The van der Waals surface area contributed by atoms with Crippen LogP contribution in [0.3, 0.4) is 0 Å². The molecular formula is C14H14BrN3O2. The van der Waals surface area contributed by atoms with E-state index in [2.05, 4.69) is 32.3 Å². The summed E-state index contributed by atoms with van der Waals surface area (Å²) in [5.41, 5.74) is 2.37. The van der Waals surface area contributed by atoms with E-state index in [4.69, 9.17) is 0 Å². The highest BCUT2D eigenvalue weighted by Crippen LogP contribution is 2.25. The molecule has 0 aliphatic carbocycles. The highest BCUT2D eigenvalue weighted by Gasteiger charge is 2.15. The van der Waals surface area contributed by atoms with Crippen LogP contribution >= 0.6 is 15.9 Å². The zero-order valence-electron chi connectivity index (χ0n) is 11.0. The summed E-state index contributed by atoms with van der Waals surface area (Å²) < 4.78 is 0.591. The zero-order chi connectivity index (χ0) is 14.5. The molecule has 1 heterocycles. The maximum atomic E-state index is 11.0. The van der Waals surface area contributed by atoms with Gasteiger partial charge in [0, 0.05) is 23.3 Å². The van der Waals surface area contributed by atoms with Gasteiger partial charge in [-0.15, -0.1) is 0 Å². The van der Waals surface area contributed by atoms with Crippen LogP contribution in [0.2, 0.25) is 0 Å². The van der Waals surface area contributed by atoms with E-state index >= 15 is 0 Å². The van der Waals surface area contributed by atoms with E-state index in [1.54, 1.807) is 6.20 Å². The van der Waals surface area contributed by atoms with Crippen molar-refractivity contribution in [1.82, 2.24) is 4.98 Å². The van der Waals surface area contributed by atoms with Gasteiger partial charge in [-0.05, 0) is 34.8 Å². The van der Waals surface area contributed by atoms with Crippen molar-refractivity contribution in [2.24, 2.45) is 0 Å². The smallest absolute Gasteiger partial charge is 0.312 e. The van der Waals surface area contributed by atoms with Crippen LogP contribution in [0, 0.1) is 17.0 Å². The summed E-state index contributed by atoms with van der Waals surface area (Å²) in [5, 5.41) is 14.0. The third-order valence-electron chi connectivity index (χ3n) is 2.82. The van der Waals surface area contributed by atoms with Gasteiger partial charge in [-0.25, -0.2) is 4.98 Å². The van der Waals surface area contributed by atoms with Crippen molar-refractivity contribution in [1.29, 1.82) is 0 Å². The Labute approximate surface area is 125 Å². The number of aryl methyl sites for hydroxylation is 1. The van der Waals surface area contributed by atoms with Gasteiger partial charge in [0.15, 0.2) is 0 Å². The lowest BCUT2D eigenvalue weighted by Gasteiger charge is -2.07. The van der Waals surface area contributed by atoms with Crippen molar-refractivity contribution in [2.75, 3.05) is 11.9 Å². The van der Waals surface area contributed by atoms with Crippen LogP contribution in [0.25, 0.3) is 0 Å². The van der Waals surface area contributed by atoms with Crippen molar-refractivity contribution in [3.63, 3.8) is 0 Å². The predicted molar refractivity (Wildman–Crippen MR) is 82.0 cm³/mol. The number of nitro groups is 1. The Kier molecular flexibility index (Phi) is 4.68. The summed E-state index contributed by atoms with van der Waals surface area (Å²) in [7, 11) is 0. The first-order valence-corrected chi connectivity index (χ1v) is 6.95. The minimum absolute atomic E-state index is 0.0244. The lowest BCUT2D eigenvalue weighted by molar-refractivity contribution is -0.384. The molecule has 2 aromatic rings. The molecule has 6 heteroatoms. The van der Waals surface area contributed by atoms with Crippen molar-refractivity contribution in [2.45, 2.75) is 13.3 Å². The molecule has 0 radical (unpaired) electrons. The largest absolute Gasteiger partial charge is 0.364 e. The van der Waals surface area contributed by atoms with Crippen LogP contribution in [0.1, 0.15) is 11.1 Å². The second-order valence-electron chi connectivity index (χ2n) is 4.44. The van der Waals surface area contributed by atoms with Gasteiger partial charge in [0.1, 0.15) is 0 Å². The molecule has 0 fully saturated rings. The quantitative estimate of drug-likeness (QED) is 0.667. The van der Waals surface area contributed by atoms with Crippen molar-refractivity contribution < 1.29 is 4.92 Å². The maximum absolute atomic E-state index is 11.0. The van der Waals surface area contributed by atoms with Crippen LogP contribution in [0.4, 0.5) is 11.5 Å². The minimum Gasteiger partial charge on any atom is -0.364 e. The molecule has 0 spiro atoms. The van der Waals surface area contributed by atoms with Crippen LogP contribution < -0.4 is 5.32 Å². The maximum Gasteiger partial charge on any atom is 0.312 e. The predicted octanol–water partition coefficient (Wildman–Crippen LogP) is 3.72. The average molecular weight is 336 g/mol. The summed E-state index contributed by atoms with van der Waals surface area (Å²) in [5.74, 6) is 0.297. The Morgan fingerprint density at radius 3 is 2.90 bits per heavy atom. The molecule has 0 unspecified atom stereocenters. The Hall–Kier alpha value is -1.95. The number of aromatic nitrogens is 1. The Bertz CT molecular complexity index is 632. The third-order valence-corrected chi connectivity index (χ3v) is 3.25. The topological polar surface area (TPSA) is 68.1 Å². The van der Waals surface area contributed by atoms with E-state index in [9.17, 15) is 10.1 Å². The minimum atomic E-state index is -0.438. The van der Waals surface area contributed by atoms with Gasteiger partial charge in [-0.1, -0.05) is 29.8 Å². The number of benzene rings is 1. The number of nitrogens with one attached hydrogen (secondary N) is 1. The van der Waals surface area contributed by atoms with Gasteiger partial charge in [0.05, 0.1) is 4.92 Å². The second kappa shape index (κ2) is 6.47. The van der Waals surface area contributed by atoms with Gasteiger partial charge in [0.25, 0.3) is 0 Å². The lowest BCUT2D eigenvalue weighted by Crippen LogP contribution is -2.08. The van der Waals surface area contributed by atoms with E-state index in [0.717, 1.165) is 6.42 Å².